The van der Waals surface area contributed by atoms with Crippen LogP contribution in [-0.4, -0.2) is 25.7 Å². The molecule has 0 fully saturated rings. The fourth-order valence-electron chi connectivity index (χ4n) is 1.70. The number of esters is 1. The maximum atomic E-state index is 12.5. The highest BCUT2D eigenvalue weighted by Gasteiger charge is 2.21. The molecular weight excluding hydrogens is 282 g/mol. The number of ether oxygens (including phenoxy) is 1. The zero-order valence-electron chi connectivity index (χ0n) is 11.5. The Morgan fingerprint density at radius 2 is 2.00 bits per heavy atom. The van der Waals surface area contributed by atoms with Crippen LogP contribution in [0.3, 0.4) is 0 Å². The van der Waals surface area contributed by atoms with Crippen LogP contribution in [0, 0.1) is 0 Å². The standard InChI is InChI=1S/C13H16F2N4O2/c1-2-21-13(20)11(17-7-8-18-19-16)9-3-5-10(6-4-9)12(14)15/h3-6,11-12,17H,2,7-8H2,1H3. The summed E-state index contributed by atoms with van der Waals surface area (Å²) in [7, 11) is 0. The van der Waals surface area contributed by atoms with Crippen LogP contribution in [0.4, 0.5) is 8.78 Å². The van der Waals surface area contributed by atoms with E-state index in [0.29, 0.717) is 5.56 Å². The minimum Gasteiger partial charge on any atom is -0.465 e. The summed E-state index contributed by atoms with van der Waals surface area (Å²) in [5, 5.41) is 6.22. The van der Waals surface area contributed by atoms with Crippen molar-refractivity contribution in [3.8, 4) is 0 Å². The molecule has 1 aromatic carbocycles. The first-order valence-electron chi connectivity index (χ1n) is 6.39. The minimum atomic E-state index is -2.56. The molecule has 1 rings (SSSR count). The van der Waals surface area contributed by atoms with E-state index in [-0.39, 0.29) is 25.3 Å². The molecule has 0 aromatic heterocycles. The Balaban J connectivity index is 2.83. The van der Waals surface area contributed by atoms with Crippen molar-refractivity contribution in [1.29, 1.82) is 0 Å². The lowest BCUT2D eigenvalue weighted by molar-refractivity contribution is -0.145. The molecule has 0 saturated heterocycles. The van der Waals surface area contributed by atoms with Crippen LogP contribution in [0.2, 0.25) is 0 Å². The van der Waals surface area contributed by atoms with E-state index >= 15 is 0 Å². The smallest absolute Gasteiger partial charge is 0.327 e. The van der Waals surface area contributed by atoms with Gasteiger partial charge in [-0.1, -0.05) is 29.4 Å². The third-order valence-electron chi connectivity index (χ3n) is 2.67. The van der Waals surface area contributed by atoms with E-state index < -0.39 is 18.4 Å². The average molecular weight is 298 g/mol. The third-order valence-corrected chi connectivity index (χ3v) is 2.67. The molecule has 1 N–H and O–H groups in total. The van der Waals surface area contributed by atoms with Gasteiger partial charge in [0, 0.05) is 23.6 Å². The van der Waals surface area contributed by atoms with Gasteiger partial charge in [-0.25, -0.2) is 13.6 Å². The number of nitrogens with zero attached hydrogens (tertiary/aromatic N) is 3. The molecule has 0 radical (unpaired) electrons. The summed E-state index contributed by atoms with van der Waals surface area (Å²) >= 11 is 0. The largest absolute Gasteiger partial charge is 0.465 e. The van der Waals surface area contributed by atoms with Crippen LogP contribution < -0.4 is 5.32 Å². The second-order valence-corrected chi connectivity index (χ2v) is 4.06. The summed E-state index contributed by atoms with van der Waals surface area (Å²) in [6.45, 7) is 2.32. The second kappa shape index (κ2) is 8.89. The van der Waals surface area contributed by atoms with Gasteiger partial charge in [0.25, 0.3) is 6.43 Å². The summed E-state index contributed by atoms with van der Waals surface area (Å²) in [6.07, 6.45) is -2.56. The van der Waals surface area contributed by atoms with Gasteiger partial charge in [-0.15, -0.1) is 0 Å². The molecule has 1 aromatic rings. The van der Waals surface area contributed by atoms with Gasteiger partial charge in [0.2, 0.25) is 0 Å². The van der Waals surface area contributed by atoms with Crippen LogP contribution in [0.5, 0.6) is 0 Å². The predicted octanol–water partition coefficient (Wildman–Crippen LogP) is 3.13. The molecule has 0 heterocycles. The zero-order chi connectivity index (χ0) is 15.7. The van der Waals surface area contributed by atoms with E-state index in [0.717, 1.165) is 0 Å². The average Bonchev–Trinajstić information content (AvgIpc) is 2.47. The molecule has 0 aliphatic heterocycles. The number of hydrogen-bond acceptors (Lipinski definition) is 4. The molecule has 8 heteroatoms. The highest BCUT2D eigenvalue weighted by molar-refractivity contribution is 5.77. The first-order chi connectivity index (χ1) is 10.1. The molecule has 1 atom stereocenters. The number of benzene rings is 1. The van der Waals surface area contributed by atoms with E-state index in [1.54, 1.807) is 6.92 Å². The van der Waals surface area contributed by atoms with Crippen molar-refractivity contribution in [1.82, 2.24) is 5.32 Å². The number of carbonyl (C=O) groups excluding carboxylic acids is 1. The van der Waals surface area contributed by atoms with E-state index in [9.17, 15) is 13.6 Å². The highest BCUT2D eigenvalue weighted by atomic mass is 19.3. The lowest BCUT2D eigenvalue weighted by atomic mass is 10.0. The van der Waals surface area contributed by atoms with E-state index in [4.69, 9.17) is 10.3 Å². The zero-order valence-corrected chi connectivity index (χ0v) is 11.5. The fraction of sp³-hybridized carbons (Fsp3) is 0.462. The summed E-state index contributed by atoms with van der Waals surface area (Å²) in [4.78, 5) is 14.5. The number of halogens is 2. The minimum absolute atomic E-state index is 0.115. The first-order valence-corrected chi connectivity index (χ1v) is 6.39. The Morgan fingerprint density at radius 1 is 1.38 bits per heavy atom. The van der Waals surface area contributed by atoms with Gasteiger partial charge in [-0.2, -0.15) is 0 Å². The third kappa shape index (κ3) is 5.37. The lowest BCUT2D eigenvalue weighted by Crippen LogP contribution is -2.32. The van der Waals surface area contributed by atoms with Crippen molar-refractivity contribution < 1.29 is 18.3 Å². The molecule has 0 aliphatic carbocycles. The molecule has 1 unspecified atom stereocenters. The summed E-state index contributed by atoms with van der Waals surface area (Å²) in [6, 6.07) is 4.64. The van der Waals surface area contributed by atoms with Gasteiger partial charge in [0.1, 0.15) is 6.04 Å². The maximum Gasteiger partial charge on any atom is 0.327 e. The van der Waals surface area contributed by atoms with E-state index in [1.807, 2.05) is 0 Å². The van der Waals surface area contributed by atoms with Crippen molar-refractivity contribution in [2.45, 2.75) is 19.4 Å². The number of alkyl halides is 2. The SMILES string of the molecule is CCOC(=O)C(NCCN=[N+]=[N-])c1ccc(C(F)F)cc1. The molecule has 6 nitrogen and oxygen atoms in total. The number of hydrogen-bond donors (Lipinski definition) is 1. The van der Waals surface area contributed by atoms with Gasteiger partial charge < -0.3 is 10.1 Å². The van der Waals surface area contributed by atoms with Crippen molar-refractivity contribution in [3.63, 3.8) is 0 Å². The number of azide groups is 1. The summed E-state index contributed by atoms with van der Waals surface area (Å²) in [5.41, 5.74) is 8.59. The molecule has 0 aliphatic rings. The van der Waals surface area contributed by atoms with E-state index in [1.165, 1.54) is 24.3 Å². The maximum absolute atomic E-state index is 12.5. The van der Waals surface area contributed by atoms with Gasteiger partial charge in [0.15, 0.2) is 0 Å². The molecular formula is C13H16F2N4O2. The Labute approximate surface area is 120 Å². The molecule has 0 spiro atoms. The number of rotatable bonds is 8. The fourth-order valence-corrected chi connectivity index (χ4v) is 1.70. The van der Waals surface area contributed by atoms with Crippen LogP contribution in [0.25, 0.3) is 10.4 Å². The monoisotopic (exact) mass is 298 g/mol. The number of carbonyl (C=O) groups is 1. The second-order valence-electron chi connectivity index (χ2n) is 4.06. The lowest BCUT2D eigenvalue weighted by Gasteiger charge is -2.17. The quantitative estimate of drug-likeness (QED) is 0.263. The van der Waals surface area contributed by atoms with Crippen LogP contribution in [0.15, 0.2) is 29.4 Å². The topological polar surface area (TPSA) is 87.1 Å². The Morgan fingerprint density at radius 3 is 2.52 bits per heavy atom. The normalized spacial score (nSPS) is 11.8. The Bertz CT molecular complexity index is 501. The molecule has 0 bridgehead atoms. The van der Waals surface area contributed by atoms with Gasteiger partial charge in [-0.3, -0.25) is 0 Å². The Hall–Kier alpha value is -2.18. The predicted molar refractivity (Wildman–Crippen MR) is 72.8 cm³/mol. The van der Waals surface area contributed by atoms with Crippen LogP contribution in [0.1, 0.15) is 30.5 Å². The summed E-state index contributed by atoms with van der Waals surface area (Å²) in [5.74, 6) is -0.511. The van der Waals surface area contributed by atoms with E-state index in [2.05, 4.69) is 15.3 Å². The highest BCUT2D eigenvalue weighted by Crippen LogP contribution is 2.22. The van der Waals surface area contributed by atoms with Crippen molar-refractivity contribution in [2.75, 3.05) is 19.7 Å². The van der Waals surface area contributed by atoms with Crippen molar-refractivity contribution in [2.24, 2.45) is 5.11 Å². The van der Waals surface area contributed by atoms with Gasteiger partial charge >= 0.3 is 5.97 Å². The van der Waals surface area contributed by atoms with Crippen LogP contribution in [-0.2, 0) is 9.53 Å². The van der Waals surface area contributed by atoms with Crippen molar-refractivity contribution in [3.05, 3.63) is 45.8 Å². The number of nitrogens with one attached hydrogen (secondary N) is 1. The van der Waals surface area contributed by atoms with Gasteiger partial charge in [-0.05, 0) is 18.0 Å². The molecule has 0 amide bonds. The van der Waals surface area contributed by atoms with Gasteiger partial charge in [0.05, 0.1) is 6.61 Å². The Kier molecular flexibility index (Phi) is 7.14. The molecule has 114 valence electrons. The molecule has 0 saturated carbocycles. The van der Waals surface area contributed by atoms with Crippen LogP contribution >= 0.6 is 0 Å². The first kappa shape index (κ1) is 16.9. The molecule has 21 heavy (non-hydrogen) atoms. The summed E-state index contributed by atoms with van der Waals surface area (Å²) < 4.78 is 30.0. The van der Waals surface area contributed by atoms with Crippen molar-refractivity contribution >= 4 is 5.97 Å².